The van der Waals surface area contributed by atoms with Crippen LogP contribution in [0.25, 0.3) is 5.69 Å². The standard InChI is InChI=1S/C8H8N4/c9-7-4-11-12(6-7)8-2-1-3-10-5-8/h1-6H,9H2/p+1. The molecule has 4 nitrogen and oxygen atoms in total. The Morgan fingerprint density at radius 2 is 2.42 bits per heavy atom. The third-order valence-electron chi connectivity index (χ3n) is 1.57. The highest BCUT2D eigenvalue weighted by atomic mass is 15.3. The van der Waals surface area contributed by atoms with Crippen molar-refractivity contribution in [1.29, 1.82) is 0 Å². The quantitative estimate of drug-likeness (QED) is 0.590. The van der Waals surface area contributed by atoms with Gasteiger partial charge in [0.2, 0.25) is 6.20 Å². The molecular weight excluding hydrogens is 152 g/mol. The van der Waals surface area contributed by atoms with E-state index >= 15 is 0 Å². The lowest BCUT2D eigenvalue weighted by atomic mass is 10.4. The number of nitrogen functional groups attached to an aromatic ring is 1. The van der Waals surface area contributed by atoms with Crippen LogP contribution in [-0.4, -0.2) is 10.1 Å². The maximum atomic E-state index is 5.54. The summed E-state index contributed by atoms with van der Waals surface area (Å²) in [4.78, 5) is 3.99. The number of H-pyrrole nitrogens is 1. The number of nitrogens with one attached hydrogen (secondary N) is 1. The summed E-state index contributed by atoms with van der Waals surface area (Å²) < 4.78 is 1.81. The molecule has 60 valence electrons. The molecule has 4 heteroatoms. The Labute approximate surface area is 69.7 Å². The van der Waals surface area contributed by atoms with E-state index < -0.39 is 0 Å². The van der Waals surface area contributed by atoms with E-state index in [1.165, 1.54) is 0 Å². The smallest absolute Gasteiger partial charge is 0.253 e. The zero-order valence-corrected chi connectivity index (χ0v) is 6.44. The van der Waals surface area contributed by atoms with Gasteiger partial charge >= 0.3 is 0 Å². The maximum Gasteiger partial charge on any atom is 0.253 e. The Hall–Kier alpha value is -1.84. The third-order valence-corrected chi connectivity index (χ3v) is 1.57. The Bertz CT molecular complexity index is 366. The lowest BCUT2D eigenvalue weighted by molar-refractivity contribution is -0.655. The zero-order valence-electron chi connectivity index (χ0n) is 6.44. The summed E-state index contributed by atoms with van der Waals surface area (Å²) in [6, 6.07) is 3.82. The second-order valence-electron chi connectivity index (χ2n) is 2.48. The van der Waals surface area contributed by atoms with Gasteiger partial charge < -0.3 is 5.73 Å². The van der Waals surface area contributed by atoms with E-state index in [-0.39, 0.29) is 0 Å². The van der Waals surface area contributed by atoms with Crippen LogP contribution in [0.4, 0.5) is 5.69 Å². The molecule has 0 atom stereocenters. The summed E-state index contributed by atoms with van der Waals surface area (Å²) in [6.45, 7) is 0. The number of nitrogens with two attached hydrogens (primary N) is 1. The van der Waals surface area contributed by atoms with Crippen molar-refractivity contribution in [1.82, 2.24) is 10.1 Å². The maximum absolute atomic E-state index is 5.54. The fourth-order valence-electron chi connectivity index (χ4n) is 1.01. The molecule has 2 rings (SSSR count). The van der Waals surface area contributed by atoms with Crippen LogP contribution >= 0.6 is 0 Å². The normalized spacial score (nSPS) is 10.0. The Morgan fingerprint density at radius 1 is 1.50 bits per heavy atom. The number of hydrogen-bond acceptors (Lipinski definition) is 2. The lowest BCUT2D eigenvalue weighted by Gasteiger charge is -1.86. The number of anilines is 1. The van der Waals surface area contributed by atoms with Gasteiger partial charge in [-0.05, 0) is 6.07 Å². The van der Waals surface area contributed by atoms with E-state index in [1.54, 1.807) is 24.8 Å². The number of pyridine rings is 1. The van der Waals surface area contributed by atoms with Gasteiger partial charge in [-0.2, -0.15) is 5.10 Å². The van der Waals surface area contributed by atoms with E-state index in [1.807, 2.05) is 16.8 Å². The minimum Gasteiger partial charge on any atom is -0.392 e. The number of hydrogen-bond donors (Lipinski definition) is 2. The summed E-state index contributed by atoms with van der Waals surface area (Å²) in [5, 5.41) is 2.97. The Kier molecular flexibility index (Phi) is 1.51. The number of aromatic amines is 1. The molecule has 0 radical (unpaired) electrons. The molecule has 0 aromatic carbocycles. The molecule has 0 aliphatic heterocycles. The molecule has 0 unspecified atom stereocenters. The fraction of sp³-hybridized carbons (Fsp3) is 0. The Morgan fingerprint density at radius 3 is 3.00 bits per heavy atom. The summed E-state index contributed by atoms with van der Waals surface area (Å²) in [5.41, 5.74) is 7.22. The van der Waals surface area contributed by atoms with Crippen molar-refractivity contribution in [3.8, 4) is 5.69 Å². The monoisotopic (exact) mass is 161 g/mol. The topological polar surface area (TPSA) is 58.6 Å². The van der Waals surface area contributed by atoms with Gasteiger partial charge in [-0.25, -0.2) is 0 Å². The average molecular weight is 161 g/mol. The number of nitrogens with zero attached hydrogens (tertiary/aromatic N) is 2. The first kappa shape index (κ1) is 6.84. The van der Waals surface area contributed by atoms with E-state index in [0.717, 1.165) is 5.69 Å². The van der Waals surface area contributed by atoms with Crippen LogP contribution in [0.15, 0.2) is 36.9 Å². The number of rotatable bonds is 1. The molecule has 2 heterocycles. The number of aromatic nitrogens is 3. The second kappa shape index (κ2) is 2.65. The molecule has 0 fully saturated rings. The van der Waals surface area contributed by atoms with Crippen LogP contribution in [0.2, 0.25) is 0 Å². The lowest BCUT2D eigenvalue weighted by Crippen LogP contribution is -2.31. The average Bonchev–Trinajstić information content (AvgIpc) is 2.54. The summed E-state index contributed by atoms with van der Waals surface area (Å²) >= 11 is 0. The predicted molar refractivity (Wildman–Crippen MR) is 44.5 cm³/mol. The van der Waals surface area contributed by atoms with Crippen LogP contribution in [0, 0.1) is 0 Å². The fourth-order valence-corrected chi connectivity index (χ4v) is 1.01. The van der Waals surface area contributed by atoms with Crippen LogP contribution in [0.3, 0.4) is 0 Å². The van der Waals surface area contributed by atoms with Gasteiger partial charge in [0.15, 0.2) is 0 Å². The summed E-state index contributed by atoms with van der Waals surface area (Å²) in [5.74, 6) is 0. The van der Waals surface area contributed by atoms with Crippen molar-refractivity contribution in [2.75, 3.05) is 5.73 Å². The van der Waals surface area contributed by atoms with Crippen molar-refractivity contribution in [3.05, 3.63) is 36.9 Å². The third kappa shape index (κ3) is 1.14. The van der Waals surface area contributed by atoms with Crippen molar-refractivity contribution in [2.45, 2.75) is 0 Å². The van der Waals surface area contributed by atoms with Crippen LogP contribution in [0.1, 0.15) is 0 Å². The summed E-state index contributed by atoms with van der Waals surface area (Å²) in [7, 11) is 0. The van der Waals surface area contributed by atoms with Crippen molar-refractivity contribution < 1.29 is 4.68 Å². The minimum absolute atomic E-state index is 0.707. The van der Waals surface area contributed by atoms with Gasteiger partial charge in [-0.3, -0.25) is 4.98 Å². The van der Waals surface area contributed by atoms with Crippen LogP contribution < -0.4 is 10.4 Å². The first-order valence-corrected chi connectivity index (χ1v) is 3.62. The van der Waals surface area contributed by atoms with Gasteiger partial charge in [0.1, 0.15) is 11.9 Å². The van der Waals surface area contributed by atoms with Crippen molar-refractivity contribution in [2.24, 2.45) is 0 Å². The molecule has 0 aliphatic carbocycles. The van der Waals surface area contributed by atoms with Crippen molar-refractivity contribution >= 4 is 5.69 Å². The molecule has 0 saturated carbocycles. The summed E-state index contributed by atoms with van der Waals surface area (Å²) in [6.07, 6.45) is 7.02. The SMILES string of the molecule is Nc1c[nH][n+](-c2cccnc2)c1. The van der Waals surface area contributed by atoms with Crippen molar-refractivity contribution in [3.63, 3.8) is 0 Å². The van der Waals surface area contributed by atoms with E-state index in [4.69, 9.17) is 5.73 Å². The largest absolute Gasteiger partial charge is 0.392 e. The highest BCUT2D eigenvalue weighted by Gasteiger charge is 2.06. The van der Waals surface area contributed by atoms with Gasteiger partial charge in [0.25, 0.3) is 5.69 Å². The molecule has 12 heavy (non-hydrogen) atoms. The van der Waals surface area contributed by atoms with Crippen LogP contribution in [-0.2, 0) is 0 Å². The van der Waals surface area contributed by atoms with Crippen LogP contribution in [0.5, 0.6) is 0 Å². The molecule has 0 spiro atoms. The Balaban J connectivity index is 2.45. The first-order chi connectivity index (χ1) is 5.86. The second-order valence-corrected chi connectivity index (χ2v) is 2.48. The predicted octanol–water partition coefficient (Wildman–Crippen LogP) is 0.269. The molecule has 3 N–H and O–H groups in total. The molecule has 0 bridgehead atoms. The molecule has 0 aliphatic rings. The highest BCUT2D eigenvalue weighted by molar-refractivity contribution is 5.29. The minimum atomic E-state index is 0.707. The molecule has 0 saturated heterocycles. The first-order valence-electron chi connectivity index (χ1n) is 3.62. The molecular formula is C8H9N4+. The van der Waals surface area contributed by atoms with E-state index in [9.17, 15) is 0 Å². The zero-order chi connectivity index (χ0) is 8.39. The van der Waals surface area contributed by atoms with E-state index in [2.05, 4.69) is 10.1 Å². The molecule has 0 amide bonds. The van der Waals surface area contributed by atoms with Gasteiger partial charge in [-0.1, -0.05) is 4.68 Å². The highest BCUT2D eigenvalue weighted by Crippen LogP contribution is 1.97. The molecule has 2 aromatic heterocycles. The molecule has 2 aromatic rings. The van der Waals surface area contributed by atoms with Gasteiger partial charge in [0, 0.05) is 12.3 Å². The van der Waals surface area contributed by atoms with E-state index in [0.29, 0.717) is 5.69 Å². The van der Waals surface area contributed by atoms with Gasteiger partial charge in [0.05, 0.1) is 6.20 Å². The van der Waals surface area contributed by atoms with Gasteiger partial charge in [-0.15, -0.1) is 0 Å².